The number of hydrogen-bond acceptors (Lipinski definition) is 5. The van der Waals surface area contributed by atoms with Crippen LogP contribution in [0.5, 0.6) is 0 Å². The van der Waals surface area contributed by atoms with Gasteiger partial charge in [-0.15, -0.1) is 0 Å². The first-order valence-corrected chi connectivity index (χ1v) is 14.6. The van der Waals surface area contributed by atoms with Gasteiger partial charge >= 0.3 is 5.97 Å². The number of carbonyl (C=O) groups excluding carboxylic acids is 2. The monoisotopic (exact) mass is 627 g/mol. The topological polar surface area (TPSA) is 90.3 Å². The second-order valence-electron chi connectivity index (χ2n) is 11.0. The van der Waals surface area contributed by atoms with Crippen LogP contribution in [0.15, 0.2) is 39.9 Å². The minimum atomic E-state index is -1.03. The van der Waals surface area contributed by atoms with Crippen LogP contribution in [0, 0.1) is 46.4 Å². The summed E-state index contributed by atoms with van der Waals surface area (Å²) in [6.07, 6.45) is 1.56. The van der Waals surface area contributed by atoms with Gasteiger partial charge in [0.1, 0.15) is 22.2 Å². The largest absolute Gasteiger partial charge is 0.466 e. The molecule has 7 nitrogen and oxygen atoms in total. The third kappa shape index (κ3) is 7.70. The average molecular weight is 629 g/mol. The van der Waals surface area contributed by atoms with Crippen molar-refractivity contribution in [3.63, 3.8) is 0 Å². The van der Waals surface area contributed by atoms with Gasteiger partial charge in [-0.25, -0.2) is 9.37 Å². The van der Waals surface area contributed by atoms with E-state index in [4.69, 9.17) is 4.74 Å². The highest BCUT2D eigenvalue weighted by molar-refractivity contribution is 9.10. The normalized spacial score (nSPS) is 12.8. The Bertz CT molecular complexity index is 1490. The molecule has 2 atom stereocenters. The Morgan fingerprint density at radius 1 is 1.05 bits per heavy atom. The first-order chi connectivity index (χ1) is 19.2. The van der Waals surface area contributed by atoms with Crippen molar-refractivity contribution < 1.29 is 18.7 Å². The predicted molar refractivity (Wildman–Crippen MR) is 162 cm³/mol. The number of hydrogen-bond donors (Lipinski definition) is 1. The molecule has 0 aliphatic rings. The second-order valence-corrected chi connectivity index (χ2v) is 11.9. The summed E-state index contributed by atoms with van der Waals surface area (Å²) in [5, 5.41) is 2.90. The fourth-order valence-corrected chi connectivity index (χ4v) is 5.83. The van der Waals surface area contributed by atoms with Gasteiger partial charge in [0.05, 0.1) is 19.1 Å². The van der Waals surface area contributed by atoms with E-state index < -0.39 is 35.3 Å². The lowest BCUT2D eigenvalue weighted by atomic mass is 9.89. The second kappa shape index (κ2) is 13.6. The fraction of sp³-hybridized carbons (Fsp3) is 0.438. The molecule has 41 heavy (non-hydrogen) atoms. The molecule has 1 aromatic heterocycles. The minimum absolute atomic E-state index is 0.0585. The first-order valence-electron chi connectivity index (χ1n) is 13.8. The van der Waals surface area contributed by atoms with E-state index in [1.165, 1.54) is 10.8 Å². The van der Waals surface area contributed by atoms with Crippen LogP contribution in [-0.4, -0.2) is 28.0 Å². The Labute approximate surface area is 249 Å². The molecule has 0 radical (unpaired) electrons. The van der Waals surface area contributed by atoms with Crippen molar-refractivity contribution in [2.24, 2.45) is 5.92 Å². The molecule has 0 aliphatic carbocycles. The maximum absolute atomic E-state index is 15.8. The van der Waals surface area contributed by atoms with Gasteiger partial charge in [0.15, 0.2) is 0 Å². The van der Waals surface area contributed by atoms with Gasteiger partial charge in [0, 0.05) is 11.8 Å². The molecule has 0 bridgehead atoms. The van der Waals surface area contributed by atoms with Gasteiger partial charge in [-0.3, -0.25) is 19.0 Å². The number of benzene rings is 2. The van der Waals surface area contributed by atoms with Crippen molar-refractivity contribution in [2.75, 3.05) is 6.61 Å². The summed E-state index contributed by atoms with van der Waals surface area (Å²) in [5.74, 6) is -1.52. The molecule has 220 valence electrons. The van der Waals surface area contributed by atoms with Gasteiger partial charge in [-0.2, -0.15) is 0 Å². The lowest BCUT2D eigenvalue weighted by Gasteiger charge is -2.26. The van der Waals surface area contributed by atoms with Gasteiger partial charge < -0.3 is 10.1 Å². The summed E-state index contributed by atoms with van der Waals surface area (Å²) in [6.45, 7) is 15.0. The summed E-state index contributed by atoms with van der Waals surface area (Å²) in [7, 11) is 0. The number of carbonyl (C=O) groups is 2. The standard InChI is InChI=1S/C32H39BrFN3O4/c1-9-41-28(38)15-25(36-31(39)26(10-17(2)3)37-16-27(33)35-22(8)32(37)40)24-14-23(13-21(7)30(24)34)29-19(5)11-18(4)12-20(29)6/h11-14,16-17,25-26H,9-10,15H2,1-8H3,(H,36,39)/t25-,26-/m0/s1. The van der Waals surface area contributed by atoms with Gasteiger partial charge in [0.2, 0.25) is 5.91 Å². The van der Waals surface area contributed by atoms with Gasteiger partial charge in [-0.05, 0) is 110 Å². The SMILES string of the molecule is CCOC(=O)C[C@H](NC(=O)[C@H](CC(C)C)n1cc(Br)nc(C)c1=O)c1cc(-c2c(C)cc(C)cc2C)cc(C)c1F. The zero-order valence-electron chi connectivity index (χ0n) is 25.0. The van der Waals surface area contributed by atoms with E-state index in [0.717, 1.165) is 27.8 Å². The first kappa shape index (κ1) is 32.2. The van der Waals surface area contributed by atoms with E-state index in [9.17, 15) is 14.4 Å². The molecule has 1 amide bonds. The smallest absolute Gasteiger partial charge is 0.308 e. The maximum Gasteiger partial charge on any atom is 0.308 e. The van der Waals surface area contributed by atoms with Crippen LogP contribution < -0.4 is 10.9 Å². The van der Waals surface area contributed by atoms with E-state index in [0.29, 0.717) is 16.6 Å². The molecule has 1 N–H and O–H groups in total. The zero-order chi connectivity index (χ0) is 30.6. The molecule has 9 heteroatoms. The summed E-state index contributed by atoms with van der Waals surface area (Å²) < 4.78 is 22.8. The Kier molecular flexibility index (Phi) is 10.6. The molecule has 0 fully saturated rings. The fourth-order valence-electron chi connectivity index (χ4n) is 5.35. The van der Waals surface area contributed by atoms with Crippen molar-refractivity contribution in [2.45, 2.75) is 80.3 Å². The number of nitrogens with one attached hydrogen (secondary N) is 1. The molecule has 1 heterocycles. The molecular formula is C32H39BrFN3O4. The third-order valence-electron chi connectivity index (χ3n) is 7.01. The van der Waals surface area contributed by atoms with Crippen LogP contribution in [0.3, 0.4) is 0 Å². The summed E-state index contributed by atoms with van der Waals surface area (Å²) in [6, 6.07) is 5.70. The highest BCUT2D eigenvalue weighted by Crippen LogP contribution is 2.34. The summed E-state index contributed by atoms with van der Waals surface area (Å²) >= 11 is 3.32. The predicted octanol–water partition coefficient (Wildman–Crippen LogP) is 6.75. The minimum Gasteiger partial charge on any atom is -0.466 e. The van der Waals surface area contributed by atoms with Crippen molar-refractivity contribution in [1.82, 2.24) is 14.9 Å². The lowest BCUT2D eigenvalue weighted by Crippen LogP contribution is -2.41. The Morgan fingerprint density at radius 3 is 2.27 bits per heavy atom. The van der Waals surface area contributed by atoms with Gasteiger partial charge in [0.25, 0.3) is 5.56 Å². The number of esters is 1. The van der Waals surface area contributed by atoms with E-state index in [1.54, 1.807) is 32.9 Å². The number of aryl methyl sites for hydroxylation is 5. The molecule has 0 saturated heterocycles. The number of rotatable bonds is 10. The zero-order valence-corrected chi connectivity index (χ0v) is 26.6. The number of ether oxygens (including phenoxy) is 1. The third-order valence-corrected chi connectivity index (χ3v) is 7.40. The summed E-state index contributed by atoms with van der Waals surface area (Å²) in [5.41, 5.74) is 5.39. The molecule has 0 aliphatic heterocycles. The quantitative estimate of drug-likeness (QED) is 0.251. The van der Waals surface area contributed by atoms with Crippen molar-refractivity contribution in [3.05, 3.63) is 84.7 Å². The highest BCUT2D eigenvalue weighted by atomic mass is 79.9. The lowest BCUT2D eigenvalue weighted by molar-refractivity contribution is -0.144. The van der Waals surface area contributed by atoms with Crippen LogP contribution in [0.2, 0.25) is 0 Å². The van der Waals surface area contributed by atoms with Crippen molar-refractivity contribution in [3.8, 4) is 11.1 Å². The number of aromatic nitrogens is 2. The average Bonchev–Trinajstić information content (AvgIpc) is 2.85. The number of nitrogens with zero attached hydrogens (tertiary/aromatic N) is 2. The molecular weight excluding hydrogens is 589 g/mol. The number of halogens is 2. The Hall–Kier alpha value is -3.33. The highest BCUT2D eigenvalue weighted by Gasteiger charge is 2.30. The van der Waals surface area contributed by atoms with E-state index in [-0.39, 0.29) is 30.2 Å². The molecule has 0 unspecified atom stereocenters. The Morgan fingerprint density at radius 2 is 1.68 bits per heavy atom. The molecule has 2 aromatic carbocycles. The van der Waals surface area contributed by atoms with Crippen LogP contribution in [0.1, 0.15) is 79.2 Å². The van der Waals surface area contributed by atoms with Crippen LogP contribution >= 0.6 is 15.9 Å². The van der Waals surface area contributed by atoms with Crippen LogP contribution in [0.25, 0.3) is 11.1 Å². The van der Waals surface area contributed by atoms with E-state index in [1.807, 2.05) is 34.6 Å². The van der Waals surface area contributed by atoms with Crippen molar-refractivity contribution in [1.29, 1.82) is 0 Å². The van der Waals surface area contributed by atoms with E-state index in [2.05, 4.69) is 38.4 Å². The molecule has 3 aromatic rings. The molecule has 3 rings (SSSR count). The van der Waals surface area contributed by atoms with E-state index >= 15 is 4.39 Å². The number of amides is 1. The maximum atomic E-state index is 15.8. The van der Waals surface area contributed by atoms with Crippen molar-refractivity contribution >= 4 is 27.8 Å². The molecule has 0 saturated carbocycles. The molecule has 0 spiro atoms. The summed E-state index contributed by atoms with van der Waals surface area (Å²) in [4.78, 5) is 43.8. The van der Waals surface area contributed by atoms with Crippen LogP contribution in [0.4, 0.5) is 4.39 Å². The van der Waals surface area contributed by atoms with Crippen LogP contribution in [-0.2, 0) is 14.3 Å². The van der Waals surface area contributed by atoms with Gasteiger partial charge in [-0.1, -0.05) is 31.5 Å². The Balaban J connectivity index is 2.15.